The first-order valence-corrected chi connectivity index (χ1v) is 7.66. The predicted molar refractivity (Wildman–Crippen MR) is 101 cm³/mol. The summed E-state index contributed by atoms with van der Waals surface area (Å²) in [7, 11) is 0. The van der Waals surface area contributed by atoms with E-state index < -0.39 is 5.54 Å². The molecule has 1 aliphatic heterocycles. The van der Waals surface area contributed by atoms with Gasteiger partial charge >= 0.3 is 0 Å². The van der Waals surface area contributed by atoms with Gasteiger partial charge in [0.15, 0.2) is 5.82 Å². The number of nitrogens with one attached hydrogen (secondary N) is 1. The minimum atomic E-state index is -0.868. The molecule has 0 aliphatic carbocycles. The number of nitrogens with zero attached hydrogens (tertiary/aromatic N) is 3. The normalized spacial score (nSPS) is 15.6. The smallest absolute Gasteiger partial charge is 0.244 e. The molecule has 0 unspecified atom stereocenters. The summed E-state index contributed by atoms with van der Waals surface area (Å²) in [6, 6.07) is 5.61. The number of carbonyl (C=O) groups is 1. The fourth-order valence-electron chi connectivity index (χ4n) is 2.66. The molecule has 25 heavy (non-hydrogen) atoms. The molecule has 0 bridgehead atoms. The van der Waals surface area contributed by atoms with Crippen molar-refractivity contribution in [2.75, 3.05) is 18.5 Å². The van der Waals surface area contributed by atoms with Gasteiger partial charge in [-0.3, -0.25) is 4.79 Å². The first-order chi connectivity index (χ1) is 11.0. The van der Waals surface area contributed by atoms with Crippen molar-refractivity contribution < 1.29 is 9.53 Å². The Hall–Kier alpha value is -1.67. The summed E-state index contributed by atoms with van der Waals surface area (Å²) in [5, 5.41) is 7.23. The Morgan fingerprint density at radius 1 is 1.28 bits per heavy atom. The van der Waals surface area contributed by atoms with E-state index in [2.05, 4.69) is 15.4 Å². The first-order valence-electron chi connectivity index (χ1n) is 7.66. The zero-order valence-electron chi connectivity index (χ0n) is 14.2. The lowest BCUT2D eigenvalue weighted by Gasteiger charge is -2.31. The van der Waals surface area contributed by atoms with Gasteiger partial charge in [0.25, 0.3) is 0 Å². The molecule has 138 valence electrons. The topological polar surface area (TPSA) is 95.1 Å². The van der Waals surface area contributed by atoms with Crippen LogP contribution in [0.15, 0.2) is 24.4 Å². The van der Waals surface area contributed by atoms with Crippen LogP contribution in [-0.2, 0) is 9.53 Å². The van der Waals surface area contributed by atoms with Crippen molar-refractivity contribution >= 4 is 36.4 Å². The number of amides is 1. The summed E-state index contributed by atoms with van der Waals surface area (Å²) < 4.78 is 7.03. The summed E-state index contributed by atoms with van der Waals surface area (Å²) in [5.41, 5.74) is 7.87. The maximum Gasteiger partial charge on any atom is 0.244 e. The van der Waals surface area contributed by atoms with Gasteiger partial charge in [0.1, 0.15) is 5.54 Å². The van der Waals surface area contributed by atoms with Crippen molar-refractivity contribution in [1.29, 1.82) is 0 Å². The SMILES string of the molecule is Cc1cc(C)n(-c2ccc(NC(=O)C3(N)CCOCC3)cn2)n1.Cl.Cl. The zero-order chi connectivity index (χ0) is 16.4. The van der Waals surface area contributed by atoms with E-state index in [1.54, 1.807) is 16.9 Å². The van der Waals surface area contributed by atoms with E-state index in [1.165, 1.54) is 0 Å². The molecule has 0 saturated carbocycles. The second-order valence-electron chi connectivity index (χ2n) is 5.97. The van der Waals surface area contributed by atoms with Gasteiger partial charge in [0.2, 0.25) is 5.91 Å². The largest absolute Gasteiger partial charge is 0.381 e. The fraction of sp³-hybridized carbons (Fsp3) is 0.438. The predicted octanol–water partition coefficient (Wildman–Crippen LogP) is 2.17. The van der Waals surface area contributed by atoms with Crippen molar-refractivity contribution in [3.63, 3.8) is 0 Å². The molecule has 0 atom stereocenters. The molecule has 3 heterocycles. The van der Waals surface area contributed by atoms with Crippen LogP contribution in [0.5, 0.6) is 0 Å². The molecular weight excluding hydrogens is 365 g/mol. The van der Waals surface area contributed by atoms with E-state index in [0.29, 0.717) is 37.6 Å². The lowest BCUT2D eigenvalue weighted by atomic mass is 9.90. The van der Waals surface area contributed by atoms with Crippen LogP contribution in [0.2, 0.25) is 0 Å². The van der Waals surface area contributed by atoms with Gasteiger partial charge in [0.05, 0.1) is 17.6 Å². The average molecular weight is 388 g/mol. The minimum Gasteiger partial charge on any atom is -0.381 e. The molecule has 3 rings (SSSR count). The number of hydrogen-bond donors (Lipinski definition) is 2. The number of carbonyl (C=O) groups excluding carboxylic acids is 1. The molecule has 1 amide bonds. The molecule has 3 N–H and O–H groups in total. The number of halogens is 2. The van der Waals surface area contributed by atoms with Crippen molar-refractivity contribution in [3.8, 4) is 5.82 Å². The van der Waals surface area contributed by atoms with Gasteiger partial charge in [0, 0.05) is 18.9 Å². The van der Waals surface area contributed by atoms with Crippen LogP contribution in [-0.4, -0.2) is 39.4 Å². The monoisotopic (exact) mass is 387 g/mol. The highest BCUT2D eigenvalue weighted by Gasteiger charge is 2.35. The number of anilines is 1. The molecule has 9 heteroatoms. The van der Waals surface area contributed by atoms with Gasteiger partial charge in [-0.25, -0.2) is 9.67 Å². The maximum atomic E-state index is 12.4. The van der Waals surface area contributed by atoms with Crippen molar-refractivity contribution in [2.24, 2.45) is 5.73 Å². The Morgan fingerprint density at radius 2 is 1.96 bits per heavy atom. The highest BCUT2D eigenvalue weighted by molar-refractivity contribution is 5.97. The number of rotatable bonds is 3. The summed E-state index contributed by atoms with van der Waals surface area (Å²) >= 11 is 0. The number of pyridine rings is 1. The minimum absolute atomic E-state index is 0. The first kappa shape index (κ1) is 21.4. The molecule has 1 saturated heterocycles. The van der Waals surface area contributed by atoms with Crippen molar-refractivity contribution in [2.45, 2.75) is 32.2 Å². The third-order valence-electron chi connectivity index (χ3n) is 4.07. The number of nitrogens with two attached hydrogens (primary N) is 1. The van der Waals surface area contributed by atoms with Crippen LogP contribution in [0.3, 0.4) is 0 Å². The highest BCUT2D eigenvalue weighted by atomic mass is 35.5. The van der Waals surface area contributed by atoms with E-state index in [-0.39, 0.29) is 30.7 Å². The van der Waals surface area contributed by atoms with Crippen LogP contribution in [0.1, 0.15) is 24.2 Å². The third kappa shape index (κ3) is 4.70. The number of ether oxygens (including phenoxy) is 1. The Bertz CT molecular complexity index is 712. The quantitative estimate of drug-likeness (QED) is 0.841. The van der Waals surface area contributed by atoms with Gasteiger partial charge < -0.3 is 15.8 Å². The lowest BCUT2D eigenvalue weighted by Crippen LogP contribution is -2.54. The second kappa shape index (κ2) is 8.62. The van der Waals surface area contributed by atoms with E-state index in [4.69, 9.17) is 10.5 Å². The van der Waals surface area contributed by atoms with Gasteiger partial charge in [-0.05, 0) is 44.9 Å². The van der Waals surface area contributed by atoms with Crippen LogP contribution in [0.4, 0.5) is 5.69 Å². The third-order valence-corrected chi connectivity index (χ3v) is 4.07. The summed E-state index contributed by atoms with van der Waals surface area (Å²) in [6.45, 7) is 4.94. The molecule has 1 aliphatic rings. The van der Waals surface area contributed by atoms with Crippen LogP contribution in [0, 0.1) is 13.8 Å². The van der Waals surface area contributed by atoms with Gasteiger partial charge in [-0.2, -0.15) is 5.10 Å². The summed E-state index contributed by atoms with van der Waals surface area (Å²) in [5.74, 6) is 0.517. The summed E-state index contributed by atoms with van der Waals surface area (Å²) in [6.07, 6.45) is 2.67. The van der Waals surface area contributed by atoms with E-state index in [0.717, 1.165) is 11.4 Å². The molecule has 0 spiro atoms. The Morgan fingerprint density at radius 3 is 2.48 bits per heavy atom. The Kier molecular flexibility index (Phi) is 7.37. The highest BCUT2D eigenvalue weighted by Crippen LogP contribution is 2.20. The standard InChI is InChI=1S/C16H21N5O2.2ClH/c1-11-9-12(2)21(20-11)14-4-3-13(10-18-14)19-15(22)16(17)5-7-23-8-6-16;;/h3-4,9-10H,5-8,17H2,1-2H3,(H,19,22);2*1H. The fourth-order valence-corrected chi connectivity index (χ4v) is 2.66. The van der Waals surface area contributed by atoms with Crippen molar-refractivity contribution in [1.82, 2.24) is 14.8 Å². The lowest BCUT2D eigenvalue weighted by molar-refractivity contribution is -0.124. The van der Waals surface area contributed by atoms with Gasteiger partial charge in [-0.15, -0.1) is 24.8 Å². The Balaban J connectivity index is 0.00000156. The van der Waals surface area contributed by atoms with Crippen LogP contribution >= 0.6 is 24.8 Å². The number of hydrogen-bond acceptors (Lipinski definition) is 5. The molecular formula is C16H23Cl2N5O2. The molecule has 1 fully saturated rings. The van der Waals surface area contributed by atoms with Crippen LogP contribution in [0.25, 0.3) is 5.82 Å². The zero-order valence-corrected chi connectivity index (χ0v) is 15.8. The Labute approximate surface area is 159 Å². The van der Waals surface area contributed by atoms with E-state index in [1.807, 2.05) is 26.0 Å². The number of aryl methyl sites for hydroxylation is 2. The second-order valence-corrected chi connectivity index (χ2v) is 5.97. The summed E-state index contributed by atoms with van der Waals surface area (Å²) in [4.78, 5) is 16.7. The molecule has 7 nitrogen and oxygen atoms in total. The molecule has 0 aromatic carbocycles. The van der Waals surface area contributed by atoms with Crippen LogP contribution < -0.4 is 11.1 Å². The van der Waals surface area contributed by atoms with Crippen molar-refractivity contribution in [3.05, 3.63) is 35.8 Å². The van der Waals surface area contributed by atoms with E-state index >= 15 is 0 Å². The average Bonchev–Trinajstić information content (AvgIpc) is 2.87. The molecule has 0 radical (unpaired) electrons. The maximum absolute atomic E-state index is 12.4. The molecule has 2 aromatic rings. The molecule has 2 aromatic heterocycles. The van der Waals surface area contributed by atoms with Gasteiger partial charge in [-0.1, -0.05) is 0 Å². The van der Waals surface area contributed by atoms with E-state index in [9.17, 15) is 4.79 Å². The number of aromatic nitrogens is 3.